The van der Waals surface area contributed by atoms with E-state index in [0.29, 0.717) is 0 Å². The minimum atomic E-state index is -1.40. The van der Waals surface area contributed by atoms with E-state index in [0.717, 1.165) is 0 Å². The van der Waals surface area contributed by atoms with Gasteiger partial charge in [-0.3, -0.25) is 4.79 Å². The summed E-state index contributed by atoms with van der Waals surface area (Å²) >= 11 is 0. The summed E-state index contributed by atoms with van der Waals surface area (Å²) in [7, 11) is 0. The number of nitrogens with two attached hydrogens (primary N) is 1. The van der Waals surface area contributed by atoms with Crippen molar-refractivity contribution >= 4 is 18.0 Å². The highest BCUT2D eigenvalue weighted by Crippen LogP contribution is 2.33. The van der Waals surface area contributed by atoms with Crippen molar-refractivity contribution in [2.75, 3.05) is 6.54 Å². The molecule has 3 atom stereocenters. The molecule has 0 aliphatic rings. The van der Waals surface area contributed by atoms with Gasteiger partial charge in [0, 0.05) is 5.92 Å². The molecule has 0 bridgehead atoms. The van der Waals surface area contributed by atoms with Gasteiger partial charge in [0.25, 0.3) is 0 Å². The molecule has 0 aromatic heterocycles. The van der Waals surface area contributed by atoms with E-state index in [1.165, 1.54) is 13.8 Å². The zero-order valence-corrected chi connectivity index (χ0v) is 13.7. The Bertz CT molecular complexity index is 432. The Morgan fingerprint density at radius 2 is 1.68 bits per heavy atom. The van der Waals surface area contributed by atoms with Gasteiger partial charge in [0.1, 0.15) is 11.6 Å². The van der Waals surface area contributed by atoms with E-state index >= 15 is 0 Å². The van der Waals surface area contributed by atoms with E-state index in [1.807, 2.05) is 0 Å². The highest BCUT2D eigenvalue weighted by atomic mass is 16.6. The predicted octanol–water partition coefficient (Wildman–Crippen LogP) is 1.04. The van der Waals surface area contributed by atoms with E-state index in [2.05, 4.69) is 5.32 Å². The van der Waals surface area contributed by atoms with Gasteiger partial charge in [-0.15, -0.1) is 0 Å². The molecule has 0 heterocycles. The summed E-state index contributed by atoms with van der Waals surface area (Å²) in [4.78, 5) is 34.7. The van der Waals surface area contributed by atoms with Crippen molar-refractivity contribution in [3.8, 4) is 0 Å². The van der Waals surface area contributed by atoms with E-state index in [-0.39, 0.29) is 13.0 Å². The second kappa shape index (κ2) is 7.44. The van der Waals surface area contributed by atoms with Crippen LogP contribution in [0.15, 0.2) is 0 Å². The van der Waals surface area contributed by atoms with E-state index in [1.54, 1.807) is 20.8 Å². The van der Waals surface area contributed by atoms with Crippen molar-refractivity contribution in [2.45, 2.75) is 52.7 Å². The summed E-state index contributed by atoms with van der Waals surface area (Å²) in [6.07, 6.45) is -0.823. The molecule has 0 rings (SSSR count). The van der Waals surface area contributed by atoms with Crippen LogP contribution in [0.4, 0.5) is 4.79 Å². The Morgan fingerprint density at radius 3 is 2.00 bits per heavy atom. The number of carboxylic acids is 2. The van der Waals surface area contributed by atoms with Crippen molar-refractivity contribution < 1.29 is 29.3 Å². The molecule has 128 valence electrons. The number of ether oxygens (including phenoxy) is 1. The van der Waals surface area contributed by atoms with Crippen molar-refractivity contribution in [2.24, 2.45) is 17.1 Å². The van der Waals surface area contributed by atoms with Gasteiger partial charge < -0.3 is 26.0 Å². The van der Waals surface area contributed by atoms with Gasteiger partial charge >= 0.3 is 18.0 Å². The first-order valence-electron chi connectivity index (χ1n) is 7.01. The Labute approximate surface area is 130 Å². The van der Waals surface area contributed by atoms with Crippen LogP contribution in [-0.2, 0) is 14.3 Å². The van der Waals surface area contributed by atoms with Gasteiger partial charge in [-0.25, -0.2) is 9.59 Å². The summed E-state index contributed by atoms with van der Waals surface area (Å²) in [5.74, 6) is -3.39. The zero-order valence-electron chi connectivity index (χ0n) is 13.7. The maximum absolute atomic E-state index is 11.8. The molecule has 8 heteroatoms. The number of amides is 1. The predicted molar refractivity (Wildman–Crippen MR) is 79.4 cm³/mol. The first kappa shape index (κ1) is 20.2. The van der Waals surface area contributed by atoms with Crippen molar-refractivity contribution in [3.63, 3.8) is 0 Å². The summed E-state index contributed by atoms with van der Waals surface area (Å²) in [6.45, 7) is 7.89. The van der Waals surface area contributed by atoms with Crippen molar-refractivity contribution in [1.82, 2.24) is 5.32 Å². The molecule has 0 saturated heterocycles. The highest BCUT2D eigenvalue weighted by molar-refractivity contribution is 5.82. The molecule has 0 radical (unpaired) electrons. The van der Waals surface area contributed by atoms with Crippen LogP contribution in [0.2, 0.25) is 0 Å². The lowest BCUT2D eigenvalue weighted by molar-refractivity contribution is -0.154. The SMILES string of the molecule is CC(C(NC(=O)OC(C)(C)C)C(=O)O)C(C)(CCN)C(=O)O. The summed E-state index contributed by atoms with van der Waals surface area (Å²) in [5, 5.41) is 20.9. The first-order valence-corrected chi connectivity index (χ1v) is 7.01. The molecule has 22 heavy (non-hydrogen) atoms. The van der Waals surface area contributed by atoms with Gasteiger partial charge in [0.2, 0.25) is 0 Å². The third kappa shape index (κ3) is 5.51. The van der Waals surface area contributed by atoms with E-state index < -0.39 is 41.0 Å². The smallest absolute Gasteiger partial charge is 0.408 e. The fourth-order valence-electron chi connectivity index (χ4n) is 2.03. The molecule has 0 aromatic rings. The topological polar surface area (TPSA) is 139 Å². The number of aliphatic carboxylic acids is 2. The van der Waals surface area contributed by atoms with Crippen LogP contribution in [0, 0.1) is 11.3 Å². The number of rotatable bonds is 7. The molecule has 0 aliphatic carbocycles. The number of carbonyl (C=O) groups excluding carboxylic acids is 1. The minimum absolute atomic E-state index is 0.0866. The average Bonchev–Trinajstić information content (AvgIpc) is 2.32. The van der Waals surface area contributed by atoms with Crippen molar-refractivity contribution in [1.29, 1.82) is 0 Å². The molecule has 3 unspecified atom stereocenters. The lowest BCUT2D eigenvalue weighted by Crippen LogP contribution is -2.53. The molecule has 5 N–H and O–H groups in total. The third-order valence-corrected chi connectivity index (χ3v) is 3.60. The monoisotopic (exact) mass is 318 g/mol. The Kier molecular flexibility index (Phi) is 6.82. The van der Waals surface area contributed by atoms with Crippen LogP contribution in [0.5, 0.6) is 0 Å². The first-order chi connectivity index (χ1) is 9.85. The fraction of sp³-hybridized carbons (Fsp3) is 0.786. The Balaban J connectivity index is 5.28. The van der Waals surface area contributed by atoms with Gasteiger partial charge in [-0.1, -0.05) is 6.92 Å². The van der Waals surface area contributed by atoms with E-state index in [9.17, 15) is 24.6 Å². The molecular weight excluding hydrogens is 292 g/mol. The molecule has 0 saturated carbocycles. The second-order valence-corrected chi connectivity index (χ2v) is 6.51. The molecule has 1 amide bonds. The molecular formula is C14H26N2O6. The molecule has 8 nitrogen and oxygen atoms in total. The average molecular weight is 318 g/mol. The van der Waals surface area contributed by atoms with Crippen LogP contribution in [0.1, 0.15) is 41.0 Å². The number of nitrogens with one attached hydrogen (secondary N) is 1. The number of carbonyl (C=O) groups is 3. The maximum Gasteiger partial charge on any atom is 0.408 e. The van der Waals surface area contributed by atoms with Crippen molar-refractivity contribution in [3.05, 3.63) is 0 Å². The van der Waals surface area contributed by atoms with Crippen LogP contribution in [0.25, 0.3) is 0 Å². The van der Waals surface area contributed by atoms with Gasteiger partial charge in [-0.05, 0) is 40.7 Å². The number of hydrogen-bond donors (Lipinski definition) is 4. The highest BCUT2D eigenvalue weighted by Gasteiger charge is 2.45. The van der Waals surface area contributed by atoms with Gasteiger partial charge in [-0.2, -0.15) is 0 Å². The Hall–Kier alpha value is -1.83. The molecule has 0 spiro atoms. The lowest BCUT2D eigenvalue weighted by atomic mass is 9.72. The quantitative estimate of drug-likeness (QED) is 0.550. The Morgan fingerprint density at radius 1 is 1.18 bits per heavy atom. The standard InChI is InChI=1S/C14H26N2O6/c1-8(14(5,6-7-15)11(19)20)9(10(17)18)16-12(21)22-13(2,3)4/h8-9H,6-7,15H2,1-5H3,(H,16,21)(H,17,18)(H,19,20). The number of alkyl carbamates (subject to hydrolysis) is 1. The fourth-order valence-corrected chi connectivity index (χ4v) is 2.03. The van der Waals surface area contributed by atoms with E-state index in [4.69, 9.17) is 10.5 Å². The number of carboxylic acid groups (broad SMARTS) is 2. The second-order valence-electron chi connectivity index (χ2n) is 6.51. The lowest BCUT2D eigenvalue weighted by Gasteiger charge is -2.35. The molecule has 0 aromatic carbocycles. The number of hydrogen-bond acceptors (Lipinski definition) is 5. The summed E-state index contributed by atoms with van der Waals surface area (Å²) < 4.78 is 5.02. The normalized spacial score (nSPS) is 17.0. The summed E-state index contributed by atoms with van der Waals surface area (Å²) in [6, 6.07) is -1.40. The van der Waals surface area contributed by atoms with Crippen LogP contribution in [-0.4, -0.2) is 46.4 Å². The molecule has 0 aliphatic heterocycles. The van der Waals surface area contributed by atoms with Gasteiger partial charge in [0.05, 0.1) is 5.41 Å². The molecule has 0 fully saturated rings. The zero-order chi connectivity index (χ0) is 17.7. The van der Waals surface area contributed by atoms with Gasteiger partial charge in [0.15, 0.2) is 0 Å². The largest absolute Gasteiger partial charge is 0.481 e. The third-order valence-electron chi connectivity index (χ3n) is 3.60. The van der Waals surface area contributed by atoms with Crippen LogP contribution in [0.3, 0.4) is 0 Å². The summed E-state index contributed by atoms with van der Waals surface area (Å²) in [5.41, 5.74) is 3.26. The maximum atomic E-state index is 11.8. The van der Waals surface area contributed by atoms with Crippen LogP contribution < -0.4 is 11.1 Å². The van der Waals surface area contributed by atoms with Crippen LogP contribution >= 0.6 is 0 Å². The minimum Gasteiger partial charge on any atom is -0.481 e.